The minimum atomic E-state index is -0.485. The Morgan fingerprint density at radius 1 is 1.16 bits per heavy atom. The van der Waals surface area contributed by atoms with Crippen molar-refractivity contribution in [1.29, 1.82) is 0 Å². The van der Waals surface area contributed by atoms with Crippen molar-refractivity contribution >= 4 is 6.09 Å². The monoisotopic (exact) mass is 440 g/mol. The van der Waals surface area contributed by atoms with Crippen LogP contribution in [-0.2, 0) is 24.3 Å². The summed E-state index contributed by atoms with van der Waals surface area (Å²) in [5, 5.41) is 0. The summed E-state index contributed by atoms with van der Waals surface area (Å²) in [4.78, 5) is 18.3. The zero-order valence-corrected chi connectivity index (χ0v) is 20.2. The average molecular weight is 441 g/mol. The fourth-order valence-corrected chi connectivity index (χ4v) is 2.97. The third-order valence-electron chi connectivity index (χ3n) is 4.29. The summed E-state index contributed by atoms with van der Waals surface area (Å²) in [7, 11) is 1.62. The molecule has 1 aromatic heterocycles. The quantitative estimate of drug-likeness (QED) is 0.577. The number of methoxy groups -OCH3 is 1. The second-order valence-electron chi connectivity index (χ2n) is 8.23. The maximum absolute atomic E-state index is 12.3. The zero-order valence-electron chi connectivity index (χ0n) is 20.2. The van der Waals surface area contributed by atoms with Gasteiger partial charge in [-0.15, -0.1) is 12.8 Å². The van der Waals surface area contributed by atoms with Crippen LogP contribution in [0.5, 0.6) is 11.5 Å². The van der Waals surface area contributed by atoms with Gasteiger partial charge in [-0.1, -0.05) is 26.3 Å². The van der Waals surface area contributed by atoms with Crippen molar-refractivity contribution in [2.24, 2.45) is 0 Å². The molecule has 6 heteroatoms. The fraction of sp³-hybridized carbons (Fsp3) is 0.462. The van der Waals surface area contributed by atoms with Gasteiger partial charge in [-0.3, -0.25) is 4.98 Å². The van der Waals surface area contributed by atoms with Crippen LogP contribution in [0.3, 0.4) is 0 Å². The van der Waals surface area contributed by atoms with E-state index in [4.69, 9.17) is 14.2 Å². The van der Waals surface area contributed by atoms with Gasteiger partial charge in [-0.25, -0.2) is 4.79 Å². The molecule has 0 saturated heterocycles. The minimum absolute atomic E-state index is 0.268. The van der Waals surface area contributed by atoms with Crippen LogP contribution in [0.2, 0.25) is 0 Å². The van der Waals surface area contributed by atoms with Crippen LogP contribution in [-0.4, -0.2) is 35.2 Å². The molecule has 32 heavy (non-hydrogen) atoms. The second-order valence-corrected chi connectivity index (χ2v) is 8.23. The molecule has 2 heterocycles. The Morgan fingerprint density at radius 3 is 2.47 bits per heavy atom. The van der Waals surface area contributed by atoms with Crippen LogP contribution in [0.4, 0.5) is 4.79 Å². The molecule has 3 rings (SSSR count). The van der Waals surface area contributed by atoms with Gasteiger partial charge in [0.1, 0.15) is 29.4 Å². The lowest BCUT2D eigenvalue weighted by atomic mass is 10.00. The molecular weight excluding hydrogens is 404 g/mol. The Kier molecular flexibility index (Phi) is 11.1. The summed E-state index contributed by atoms with van der Waals surface area (Å²) >= 11 is 0. The molecule has 0 fully saturated rings. The summed E-state index contributed by atoms with van der Waals surface area (Å²) in [6.45, 7) is 11.4. The highest BCUT2D eigenvalue weighted by Gasteiger charge is 2.25. The van der Waals surface area contributed by atoms with E-state index in [0.29, 0.717) is 25.4 Å². The maximum atomic E-state index is 12.3. The molecule has 1 aliphatic heterocycles. The van der Waals surface area contributed by atoms with Crippen LogP contribution >= 0.6 is 0 Å². The molecule has 0 atom stereocenters. The van der Waals surface area contributed by atoms with Gasteiger partial charge in [0.2, 0.25) is 0 Å². The number of aromatic nitrogens is 1. The van der Waals surface area contributed by atoms with Crippen LogP contribution in [0, 0.1) is 12.8 Å². The number of amides is 1. The van der Waals surface area contributed by atoms with E-state index in [9.17, 15) is 4.79 Å². The van der Waals surface area contributed by atoms with E-state index in [1.54, 1.807) is 18.2 Å². The van der Waals surface area contributed by atoms with Crippen LogP contribution in [0.15, 0.2) is 36.5 Å². The molecule has 1 amide bonds. The van der Waals surface area contributed by atoms with Crippen molar-refractivity contribution in [2.75, 3.05) is 13.7 Å². The molecule has 0 N–H and O–H groups in total. The molecule has 174 valence electrons. The predicted octanol–water partition coefficient (Wildman–Crippen LogP) is 5.63. The van der Waals surface area contributed by atoms with Crippen molar-refractivity contribution in [3.05, 3.63) is 53.3 Å². The highest BCUT2D eigenvalue weighted by molar-refractivity contribution is 5.68. The van der Waals surface area contributed by atoms with Gasteiger partial charge < -0.3 is 19.1 Å². The van der Waals surface area contributed by atoms with Crippen LogP contribution in [0.25, 0.3) is 0 Å². The summed E-state index contributed by atoms with van der Waals surface area (Å²) in [6.07, 6.45) is 11.5. The molecule has 0 radical (unpaired) electrons. The van der Waals surface area contributed by atoms with E-state index in [-0.39, 0.29) is 6.09 Å². The number of nitrogens with zero attached hydrogens (tertiary/aromatic N) is 2. The Labute approximate surface area is 192 Å². The second kappa shape index (κ2) is 13.3. The SMILES string of the molecule is C#C.CCC.COc1cccnc1COc1ccc2c(c1)CCN(C(=O)OC(C)(C)C)C2. The largest absolute Gasteiger partial charge is 0.495 e. The van der Waals surface area contributed by atoms with Crippen molar-refractivity contribution in [3.63, 3.8) is 0 Å². The lowest BCUT2D eigenvalue weighted by Crippen LogP contribution is -2.39. The molecule has 0 spiro atoms. The molecule has 0 unspecified atom stereocenters. The first kappa shape index (κ1) is 26.8. The lowest BCUT2D eigenvalue weighted by Gasteiger charge is -2.31. The van der Waals surface area contributed by atoms with Gasteiger partial charge in [-0.05, 0) is 62.6 Å². The van der Waals surface area contributed by atoms with Crippen molar-refractivity contribution in [2.45, 2.75) is 66.2 Å². The normalized spacial score (nSPS) is 12.2. The van der Waals surface area contributed by atoms with Crippen molar-refractivity contribution < 1.29 is 19.0 Å². The van der Waals surface area contributed by atoms with E-state index in [1.807, 2.05) is 51.1 Å². The molecule has 0 bridgehead atoms. The number of fused-ring (bicyclic) bond motifs is 1. The standard InChI is InChI=1S/C21H26N2O4.C3H8.C2H2/c1-21(2,3)27-20(24)23-11-9-15-12-17(8-7-16(15)13-23)26-14-18-19(25-4)6-5-10-22-18;1-3-2;1-2/h5-8,10,12H,9,11,13-14H2,1-4H3;3H2,1-2H3;1-2H. The lowest BCUT2D eigenvalue weighted by molar-refractivity contribution is 0.0224. The first-order valence-corrected chi connectivity index (χ1v) is 10.8. The van der Waals surface area contributed by atoms with Gasteiger partial charge in [0.25, 0.3) is 0 Å². The Bertz CT molecular complexity index is 872. The number of ether oxygens (including phenoxy) is 3. The molecule has 6 nitrogen and oxygen atoms in total. The number of hydrogen-bond donors (Lipinski definition) is 0. The zero-order chi connectivity index (χ0) is 24.1. The Morgan fingerprint density at radius 2 is 1.84 bits per heavy atom. The Balaban J connectivity index is 0.000000944. The number of rotatable bonds is 4. The Hall–Kier alpha value is -3.20. The molecule has 1 aromatic carbocycles. The van der Waals surface area contributed by atoms with Gasteiger partial charge >= 0.3 is 6.09 Å². The predicted molar refractivity (Wildman–Crippen MR) is 128 cm³/mol. The van der Waals surface area contributed by atoms with Crippen LogP contribution < -0.4 is 9.47 Å². The maximum Gasteiger partial charge on any atom is 0.410 e. The molecule has 0 saturated carbocycles. The highest BCUT2D eigenvalue weighted by Crippen LogP contribution is 2.26. The van der Waals surface area contributed by atoms with E-state index >= 15 is 0 Å². The summed E-state index contributed by atoms with van der Waals surface area (Å²) < 4.78 is 16.7. The third-order valence-corrected chi connectivity index (χ3v) is 4.29. The topological polar surface area (TPSA) is 60.9 Å². The number of carbonyl (C=O) groups excluding carboxylic acids is 1. The summed E-state index contributed by atoms with van der Waals surface area (Å²) in [6, 6.07) is 9.67. The average Bonchev–Trinajstić information content (AvgIpc) is 2.78. The van der Waals surface area contributed by atoms with Gasteiger partial charge in [0, 0.05) is 19.3 Å². The summed E-state index contributed by atoms with van der Waals surface area (Å²) in [5.74, 6) is 1.50. The molecular formula is C26H36N2O4. The van der Waals surface area contributed by atoms with E-state index in [0.717, 1.165) is 23.4 Å². The van der Waals surface area contributed by atoms with Crippen molar-refractivity contribution in [3.8, 4) is 24.3 Å². The smallest absolute Gasteiger partial charge is 0.410 e. The summed E-state index contributed by atoms with van der Waals surface area (Å²) in [5.41, 5.74) is 2.59. The first-order chi connectivity index (χ1) is 15.3. The van der Waals surface area contributed by atoms with E-state index < -0.39 is 5.60 Å². The number of carbonyl (C=O) groups is 1. The number of hydrogen-bond acceptors (Lipinski definition) is 5. The van der Waals surface area contributed by atoms with Gasteiger partial charge in [0.05, 0.1) is 7.11 Å². The third kappa shape index (κ3) is 8.50. The number of pyridine rings is 1. The fourth-order valence-electron chi connectivity index (χ4n) is 2.97. The van der Waals surface area contributed by atoms with Gasteiger partial charge in [-0.2, -0.15) is 0 Å². The molecule has 1 aliphatic rings. The van der Waals surface area contributed by atoms with Gasteiger partial charge in [0.15, 0.2) is 0 Å². The van der Waals surface area contributed by atoms with E-state index in [2.05, 4.69) is 31.7 Å². The van der Waals surface area contributed by atoms with E-state index in [1.165, 1.54) is 12.0 Å². The number of benzene rings is 1. The van der Waals surface area contributed by atoms with Crippen molar-refractivity contribution in [1.82, 2.24) is 9.88 Å². The van der Waals surface area contributed by atoms with Crippen LogP contribution in [0.1, 0.15) is 57.9 Å². The highest BCUT2D eigenvalue weighted by atomic mass is 16.6. The number of terminal acetylenes is 1. The minimum Gasteiger partial charge on any atom is -0.495 e. The molecule has 0 aliphatic carbocycles. The molecule has 2 aromatic rings. The first-order valence-electron chi connectivity index (χ1n) is 10.8.